The fourth-order valence-electron chi connectivity index (χ4n) is 4.97. The molecule has 0 bridgehead atoms. The van der Waals surface area contributed by atoms with Gasteiger partial charge in [0.15, 0.2) is 0 Å². The van der Waals surface area contributed by atoms with E-state index in [-0.39, 0.29) is 29.8 Å². The van der Waals surface area contributed by atoms with Crippen LogP contribution >= 0.6 is 0 Å². The van der Waals surface area contributed by atoms with E-state index in [2.05, 4.69) is 5.32 Å². The molecule has 230 valence electrons. The predicted octanol–water partition coefficient (Wildman–Crippen LogP) is 6.05. The number of para-hydroxylation sites is 1. The van der Waals surface area contributed by atoms with Crippen molar-refractivity contribution in [3.05, 3.63) is 131 Å². The number of benzene rings is 4. The van der Waals surface area contributed by atoms with Crippen LogP contribution in [0.15, 0.2) is 114 Å². The number of carbonyl (C=O) groups excluding carboxylic acids is 2. The second-order valence-electron chi connectivity index (χ2n) is 11.1. The summed E-state index contributed by atoms with van der Waals surface area (Å²) in [7, 11) is -4.14. The maximum Gasteiger partial charge on any atom is 0.264 e. The molecule has 2 atom stereocenters. The lowest BCUT2D eigenvalue weighted by Crippen LogP contribution is -2.54. The molecule has 0 unspecified atom stereocenters. The van der Waals surface area contributed by atoms with Crippen molar-refractivity contribution in [1.82, 2.24) is 10.2 Å². The van der Waals surface area contributed by atoms with Crippen molar-refractivity contribution >= 4 is 27.5 Å². The lowest BCUT2D eigenvalue weighted by molar-refractivity contribution is -0.140. The first-order valence-electron chi connectivity index (χ1n) is 14.9. The van der Waals surface area contributed by atoms with Crippen LogP contribution in [-0.2, 0) is 32.6 Å². The summed E-state index contributed by atoms with van der Waals surface area (Å²) in [4.78, 5) is 30.0. The number of carbonyl (C=O) groups is 2. The zero-order valence-electron chi connectivity index (χ0n) is 25.8. The van der Waals surface area contributed by atoms with Crippen LogP contribution < -0.4 is 9.62 Å². The Labute approximate surface area is 261 Å². The Kier molecular flexibility index (Phi) is 11.0. The summed E-state index contributed by atoms with van der Waals surface area (Å²) < 4.78 is 29.5. The highest BCUT2D eigenvalue weighted by atomic mass is 32.2. The molecule has 4 aromatic carbocycles. The summed E-state index contributed by atoms with van der Waals surface area (Å²) in [6.07, 6.45) is 1.00. The van der Waals surface area contributed by atoms with Gasteiger partial charge in [0.25, 0.3) is 10.0 Å². The molecule has 0 spiro atoms. The minimum Gasteiger partial charge on any atom is -0.352 e. The highest BCUT2D eigenvalue weighted by Gasteiger charge is 2.35. The molecule has 0 saturated carbocycles. The molecule has 0 aliphatic carbocycles. The minimum atomic E-state index is -4.14. The van der Waals surface area contributed by atoms with Gasteiger partial charge in [0.05, 0.1) is 10.6 Å². The zero-order valence-corrected chi connectivity index (χ0v) is 26.6. The predicted molar refractivity (Wildman–Crippen MR) is 176 cm³/mol. The number of nitrogens with zero attached hydrogens (tertiary/aromatic N) is 2. The fourth-order valence-corrected chi connectivity index (χ4v) is 6.45. The molecule has 0 saturated heterocycles. The zero-order chi connectivity index (χ0) is 31.7. The number of hydrogen-bond donors (Lipinski definition) is 1. The second kappa shape index (κ2) is 14.8. The van der Waals surface area contributed by atoms with Gasteiger partial charge in [-0.25, -0.2) is 8.42 Å². The summed E-state index contributed by atoms with van der Waals surface area (Å²) >= 11 is 0. The standard InChI is InChI=1S/C36H41N3O4S/c1-5-29(4)37-36(41)34(24-30-15-8-6-9-16-30)38(25-31-17-10-7-11-18-31)35(40)26-39(33-19-13-12-14-28(33)3)44(42,43)32-22-20-27(2)21-23-32/h6-23,29,34H,5,24-26H2,1-4H3,(H,37,41)/t29-,34-/m0/s1. The quantitative estimate of drug-likeness (QED) is 0.199. The first-order chi connectivity index (χ1) is 21.1. The van der Waals surface area contributed by atoms with E-state index in [4.69, 9.17) is 0 Å². The van der Waals surface area contributed by atoms with Crippen LogP contribution in [0.1, 0.15) is 42.5 Å². The third-order valence-corrected chi connectivity index (χ3v) is 9.51. The lowest BCUT2D eigenvalue weighted by atomic mass is 10.0. The van der Waals surface area contributed by atoms with Gasteiger partial charge in [-0.15, -0.1) is 0 Å². The molecule has 4 aromatic rings. The van der Waals surface area contributed by atoms with Gasteiger partial charge in [-0.1, -0.05) is 103 Å². The van der Waals surface area contributed by atoms with E-state index in [9.17, 15) is 18.0 Å². The van der Waals surface area contributed by atoms with Crippen molar-refractivity contribution in [3.63, 3.8) is 0 Å². The van der Waals surface area contributed by atoms with Crippen LogP contribution in [0.2, 0.25) is 0 Å². The molecule has 0 heterocycles. The SMILES string of the molecule is CC[C@H](C)NC(=O)[C@H](Cc1ccccc1)N(Cc1ccccc1)C(=O)CN(c1ccccc1C)S(=O)(=O)c1ccc(C)cc1. The van der Waals surface area contributed by atoms with E-state index in [0.717, 1.165) is 23.1 Å². The van der Waals surface area contributed by atoms with Crippen molar-refractivity contribution in [3.8, 4) is 0 Å². The largest absolute Gasteiger partial charge is 0.352 e. The van der Waals surface area contributed by atoms with Crippen LogP contribution in [0.25, 0.3) is 0 Å². The summed E-state index contributed by atoms with van der Waals surface area (Å²) in [5.74, 6) is -0.760. The van der Waals surface area contributed by atoms with E-state index >= 15 is 0 Å². The van der Waals surface area contributed by atoms with E-state index in [1.54, 1.807) is 36.4 Å². The smallest absolute Gasteiger partial charge is 0.264 e. The van der Waals surface area contributed by atoms with Crippen molar-refractivity contribution in [2.24, 2.45) is 0 Å². The van der Waals surface area contributed by atoms with Crippen LogP contribution in [0.5, 0.6) is 0 Å². The number of sulfonamides is 1. The Balaban J connectivity index is 1.80. The number of nitrogens with one attached hydrogen (secondary N) is 1. The number of hydrogen-bond acceptors (Lipinski definition) is 4. The Hall–Kier alpha value is -4.43. The normalized spacial score (nSPS) is 12.6. The van der Waals surface area contributed by atoms with Crippen LogP contribution in [0.4, 0.5) is 5.69 Å². The molecule has 44 heavy (non-hydrogen) atoms. The van der Waals surface area contributed by atoms with Gasteiger partial charge in [-0.05, 0) is 62.1 Å². The van der Waals surface area contributed by atoms with Gasteiger partial charge >= 0.3 is 0 Å². The van der Waals surface area contributed by atoms with Crippen LogP contribution in [-0.4, -0.2) is 43.8 Å². The summed E-state index contributed by atoms with van der Waals surface area (Å²) in [5.41, 5.74) is 3.77. The Morgan fingerprint density at radius 3 is 1.93 bits per heavy atom. The van der Waals surface area contributed by atoms with E-state index < -0.39 is 28.5 Å². The van der Waals surface area contributed by atoms with E-state index in [1.807, 2.05) is 100 Å². The minimum absolute atomic E-state index is 0.0871. The van der Waals surface area contributed by atoms with E-state index in [0.29, 0.717) is 11.3 Å². The first-order valence-corrected chi connectivity index (χ1v) is 16.4. The maximum absolute atomic E-state index is 14.5. The van der Waals surface area contributed by atoms with Gasteiger partial charge < -0.3 is 10.2 Å². The summed E-state index contributed by atoms with van der Waals surface area (Å²) in [6.45, 7) is 7.27. The molecule has 1 N–H and O–H groups in total. The molecule has 0 aromatic heterocycles. The van der Waals surface area contributed by atoms with Gasteiger partial charge in [0, 0.05) is 19.0 Å². The monoisotopic (exact) mass is 611 g/mol. The first kappa shape index (κ1) is 32.5. The van der Waals surface area contributed by atoms with E-state index in [1.165, 1.54) is 9.21 Å². The summed E-state index contributed by atoms with van der Waals surface area (Å²) in [6, 6.07) is 31.7. The summed E-state index contributed by atoms with van der Waals surface area (Å²) in [5, 5.41) is 3.06. The molecule has 0 aliphatic heterocycles. The van der Waals surface area contributed by atoms with Gasteiger partial charge in [0.1, 0.15) is 12.6 Å². The van der Waals surface area contributed by atoms with Crippen LogP contribution in [0.3, 0.4) is 0 Å². The molecule has 8 heteroatoms. The molecule has 4 rings (SSSR count). The van der Waals surface area contributed by atoms with Crippen molar-refractivity contribution < 1.29 is 18.0 Å². The maximum atomic E-state index is 14.5. The van der Waals surface area contributed by atoms with Crippen molar-refractivity contribution in [2.45, 2.75) is 64.1 Å². The molecule has 0 radical (unpaired) electrons. The molecule has 2 amide bonds. The highest BCUT2D eigenvalue weighted by molar-refractivity contribution is 7.92. The number of amides is 2. The molecule has 7 nitrogen and oxygen atoms in total. The van der Waals surface area contributed by atoms with Crippen LogP contribution in [0, 0.1) is 13.8 Å². The average Bonchev–Trinajstić information content (AvgIpc) is 3.03. The fraction of sp³-hybridized carbons (Fsp3) is 0.278. The number of anilines is 1. The van der Waals surface area contributed by atoms with Gasteiger partial charge in [0.2, 0.25) is 11.8 Å². The number of aryl methyl sites for hydroxylation is 2. The van der Waals surface area contributed by atoms with Gasteiger partial charge in [-0.2, -0.15) is 0 Å². The lowest BCUT2D eigenvalue weighted by Gasteiger charge is -2.34. The Bertz CT molecular complexity index is 1640. The second-order valence-corrected chi connectivity index (χ2v) is 13.0. The Morgan fingerprint density at radius 2 is 1.34 bits per heavy atom. The van der Waals surface area contributed by atoms with Crippen molar-refractivity contribution in [1.29, 1.82) is 0 Å². The highest BCUT2D eigenvalue weighted by Crippen LogP contribution is 2.28. The van der Waals surface area contributed by atoms with Crippen molar-refractivity contribution in [2.75, 3.05) is 10.8 Å². The van der Waals surface area contributed by atoms with Gasteiger partial charge in [-0.3, -0.25) is 13.9 Å². The molecular weight excluding hydrogens is 570 g/mol. The number of rotatable bonds is 13. The topological polar surface area (TPSA) is 86.8 Å². The third-order valence-electron chi connectivity index (χ3n) is 7.74. The molecule has 0 fully saturated rings. The molecule has 0 aliphatic rings. The third kappa shape index (κ3) is 8.14. The Morgan fingerprint density at radius 1 is 0.773 bits per heavy atom. The molecular formula is C36H41N3O4S. The average molecular weight is 612 g/mol.